The fourth-order valence-electron chi connectivity index (χ4n) is 2.03. The zero-order valence-electron chi connectivity index (χ0n) is 11.4. The average molecular weight is 254 g/mol. The van der Waals surface area contributed by atoms with E-state index < -0.39 is 0 Å². The minimum atomic E-state index is 0.0332. The van der Waals surface area contributed by atoms with Crippen molar-refractivity contribution >= 4 is 0 Å². The lowest BCUT2D eigenvalue weighted by Crippen LogP contribution is -2.62. The molecule has 0 spiro atoms. The molecule has 1 saturated heterocycles. The number of rotatable bonds is 7. The topological polar surface area (TPSA) is 56.5 Å². The van der Waals surface area contributed by atoms with Gasteiger partial charge in [-0.25, -0.2) is 0 Å². The van der Waals surface area contributed by atoms with Gasteiger partial charge in [0, 0.05) is 19.6 Å². The van der Waals surface area contributed by atoms with E-state index in [4.69, 9.17) is 14.0 Å². The highest BCUT2D eigenvalue weighted by Gasteiger charge is 2.39. The van der Waals surface area contributed by atoms with Crippen LogP contribution in [-0.2, 0) is 22.5 Å². The molecule has 0 unspecified atom stereocenters. The van der Waals surface area contributed by atoms with Crippen molar-refractivity contribution in [3.63, 3.8) is 0 Å². The molecule has 1 aromatic rings. The van der Waals surface area contributed by atoms with E-state index in [1.165, 1.54) is 0 Å². The summed E-state index contributed by atoms with van der Waals surface area (Å²) < 4.78 is 15.6. The number of methoxy groups -OCH3 is 1. The van der Waals surface area contributed by atoms with Crippen LogP contribution in [0.5, 0.6) is 0 Å². The summed E-state index contributed by atoms with van der Waals surface area (Å²) in [5.41, 5.74) is 0.993. The second-order valence-electron chi connectivity index (χ2n) is 5.44. The molecule has 0 aromatic carbocycles. The highest BCUT2D eigenvalue weighted by atomic mass is 16.5. The summed E-state index contributed by atoms with van der Waals surface area (Å²) in [5, 5.41) is 7.66. The van der Waals surface area contributed by atoms with Gasteiger partial charge < -0.3 is 19.3 Å². The third kappa shape index (κ3) is 3.31. The Balaban J connectivity index is 1.92. The van der Waals surface area contributed by atoms with Crippen LogP contribution in [0.25, 0.3) is 0 Å². The third-order valence-electron chi connectivity index (χ3n) is 3.06. The quantitative estimate of drug-likeness (QED) is 0.796. The molecule has 1 N–H and O–H groups in total. The fourth-order valence-corrected chi connectivity index (χ4v) is 2.03. The zero-order chi connectivity index (χ0) is 13.0. The molecule has 0 saturated carbocycles. The Kier molecular flexibility index (Phi) is 4.37. The molecule has 5 nitrogen and oxygen atoms in total. The Bertz CT molecular complexity index is 372. The second-order valence-corrected chi connectivity index (χ2v) is 5.44. The van der Waals surface area contributed by atoms with Gasteiger partial charge in [-0.05, 0) is 12.5 Å². The van der Waals surface area contributed by atoms with Crippen molar-refractivity contribution < 1.29 is 14.0 Å². The van der Waals surface area contributed by atoms with Crippen molar-refractivity contribution in [2.45, 2.75) is 32.4 Å². The van der Waals surface area contributed by atoms with Crippen molar-refractivity contribution in [1.82, 2.24) is 10.5 Å². The lowest BCUT2D eigenvalue weighted by Gasteiger charge is -2.42. The summed E-state index contributed by atoms with van der Waals surface area (Å²) in [6.07, 6.45) is 0.840. The fraction of sp³-hybridized carbons (Fsp3) is 0.769. The molecule has 1 aliphatic heterocycles. The van der Waals surface area contributed by atoms with Gasteiger partial charge in [0.1, 0.15) is 6.61 Å². The molecule has 0 aliphatic carbocycles. The van der Waals surface area contributed by atoms with E-state index in [0.717, 1.165) is 37.6 Å². The molecule has 0 radical (unpaired) electrons. The van der Waals surface area contributed by atoms with Crippen LogP contribution in [0.4, 0.5) is 0 Å². The Labute approximate surface area is 108 Å². The standard InChI is InChI=1S/C13H22N2O3/c1-10(2)6-14-13(8-17-9-13)5-11-4-12(7-16-3)18-15-11/h4,10,14H,5-9H2,1-3H3. The summed E-state index contributed by atoms with van der Waals surface area (Å²) >= 11 is 0. The highest BCUT2D eigenvalue weighted by molar-refractivity contribution is 5.11. The maximum absolute atomic E-state index is 5.35. The van der Waals surface area contributed by atoms with Crippen molar-refractivity contribution in [3.8, 4) is 0 Å². The molecule has 5 heteroatoms. The maximum atomic E-state index is 5.35. The van der Waals surface area contributed by atoms with Crippen molar-refractivity contribution in [3.05, 3.63) is 17.5 Å². The largest absolute Gasteiger partial charge is 0.377 e. The number of nitrogens with one attached hydrogen (secondary N) is 1. The molecule has 1 fully saturated rings. The number of hydrogen-bond donors (Lipinski definition) is 1. The van der Waals surface area contributed by atoms with Gasteiger partial charge in [-0.3, -0.25) is 0 Å². The minimum absolute atomic E-state index is 0.0332. The summed E-state index contributed by atoms with van der Waals surface area (Å²) in [6, 6.07) is 1.96. The van der Waals surface area contributed by atoms with Crippen LogP contribution in [0, 0.1) is 5.92 Å². The molecule has 1 aromatic heterocycles. The number of ether oxygens (including phenoxy) is 2. The first-order chi connectivity index (χ1) is 8.63. The van der Waals surface area contributed by atoms with E-state index in [9.17, 15) is 0 Å². The SMILES string of the molecule is COCc1cc(CC2(NCC(C)C)COC2)no1. The Morgan fingerprint density at radius 2 is 2.28 bits per heavy atom. The maximum Gasteiger partial charge on any atom is 0.162 e. The van der Waals surface area contributed by atoms with Crippen LogP contribution in [-0.4, -0.2) is 37.6 Å². The van der Waals surface area contributed by atoms with Crippen LogP contribution in [0.2, 0.25) is 0 Å². The summed E-state index contributed by atoms with van der Waals surface area (Å²) in [4.78, 5) is 0. The van der Waals surface area contributed by atoms with Crippen LogP contribution < -0.4 is 5.32 Å². The summed E-state index contributed by atoms with van der Waals surface area (Å²) in [5.74, 6) is 1.40. The van der Waals surface area contributed by atoms with Gasteiger partial charge in [0.05, 0.1) is 24.4 Å². The lowest BCUT2D eigenvalue weighted by atomic mass is 9.90. The monoisotopic (exact) mass is 254 g/mol. The first-order valence-corrected chi connectivity index (χ1v) is 6.40. The van der Waals surface area contributed by atoms with Crippen LogP contribution in [0.3, 0.4) is 0 Å². The predicted octanol–water partition coefficient (Wildman–Crippen LogP) is 1.38. The molecular weight excluding hydrogens is 232 g/mol. The van der Waals surface area contributed by atoms with Crippen LogP contribution in [0.15, 0.2) is 10.6 Å². The van der Waals surface area contributed by atoms with E-state index in [0.29, 0.717) is 12.5 Å². The minimum Gasteiger partial charge on any atom is -0.377 e. The predicted molar refractivity (Wildman–Crippen MR) is 67.3 cm³/mol. The Morgan fingerprint density at radius 1 is 1.50 bits per heavy atom. The summed E-state index contributed by atoms with van der Waals surface area (Å²) in [7, 11) is 1.65. The Morgan fingerprint density at radius 3 is 2.83 bits per heavy atom. The van der Waals surface area contributed by atoms with Crippen LogP contribution in [0.1, 0.15) is 25.3 Å². The number of hydrogen-bond acceptors (Lipinski definition) is 5. The number of nitrogens with zero attached hydrogens (tertiary/aromatic N) is 1. The van der Waals surface area contributed by atoms with Gasteiger partial charge in [0.15, 0.2) is 5.76 Å². The Hall–Kier alpha value is -0.910. The van der Waals surface area contributed by atoms with Crippen molar-refractivity contribution in [2.75, 3.05) is 26.9 Å². The van der Waals surface area contributed by atoms with E-state index in [-0.39, 0.29) is 5.54 Å². The van der Waals surface area contributed by atoms with E-state index in [1.54, 1.807) is 7.11 Å². The normalized spacial score (nSPS) is 18.0. The molecule has 18 heavy (non-hydrogen) atoms. The zero-order valence-corrected chi connectivity index (χ0v) is 11.4. The lowest BCUT2D eigenvalue weighted by molar-refractivity contribution is -0.0755. The van der Waals surface area contributed by atoms with Gasteiger partial charge >= 0.3 is 0 Å². The molecule has 1 aliphatic rings. The van der Waals surface area contributed by atoms with Crippen LogP contribution >= 0.6 is 0 Å². The molecule has 0 bridgehead atoms. The molecule has 0 atom stereocenters. The summed E-state index contributed by atoms with van der Waals surface area (Å²) in [6.45, 7) is 7.35. The van der Waals surface area contributed by atoms with E-state index in [2.05, 4.69) is 24.3 Å². The molecule has 2 rings (SSSR count). The van der Waals surface area contributed by atoms with Gasteiger partial charge in [0.2, 0.25) is 0 Å². The number of aromatic nitrogens is 1. The molecule has 102 valence electrons. The van der Waals surface area contributed by atoms with Gasteiger partial charge in [-0.2, -0.15) is 0 Å². The highest BCUT2D eigenvalue weighted by Crippen LogP contribution is 2.23. The smallest absolute Gasteiger partial charge is 0.162 e. The molecule has 2 heterocycles. The molecular formula is C13H22N2O3. The first-order valence-electron chi connectivity index (χ1n) is 6.40. The van der Waals surface area contributed by atoms with Gasteiger partial charge in [0.25, 0.3) is 0 Å². The first kappa shape index (κ1) is 13.5. The van der Waals surface area contributed by atoms with E-state index in [1.807, 2.05) is 6.07 Å². The molecule has 0 amide bonds. The van der Waals surface area contributed by atoms with E-state index >= 15 is 0 Å². The second kappa shape index (κ2) is 5.82. The van der Waals surface area contributed by atoms with Gasteiger partial charge in [-0.1, -0.05) is 19.0 Å². The average Bonchev–Trinajstić information content (AvgIpc) is 2.70. The van der Waals surface area contributed by atoms with Crippen molar-refractivity contribution in [1.29, 1.82) is 0 Å². The third-order valence-corrected chi connectivity index (χ3v) is 3.06. The van der Waals surface area contributed by atoms with Crippen molar-refractivity contribution in [2.24, 2.45) is 5.92 Å². The van der Waals surface area contributed by atoms with Gasteiger partial charge in [-0.15, -0.1) is 0 Å².